The Hall–Kier alpha value is -3.16. The maximum absolute atomic E-state index is 13.4. The molecule has 0 amide bonds. The van der Waals surface area contributed by atoms with Crippen molar-refractivity contribution in [1.29, 1.82) is 0 Å². The number of nitrogens with zero attached hydrogens (tertiary/aromatic N) is 2. The molecule has 1 aliphatic rings. The lowest BCUT2D eigenvalue weighted by molar-refractivity contribution is 0.408. The van der Waals surface area contributed by atoms with Crippen molar-refractivity contribution in [2.24, 2.45) is 0 Å². The Balaban J connectivity index is 1.34. The molecule has 2 aromatic heterocycles. The number of ether oxygens (including phenoxy) is 2. The summed E-state index contributed by atoms with van der Waals surface area (Å²) in [7, 11) is 3.33. The fraction of sp³-hybridized carbons (Fsp3) is 0.308. The number of rotatable bonds is 7. The van der Waals surface area contributed by atoms with E-state index in [1.54, 1.807) is 36.5 Å². The second-order valence-electron chi connectivity index (χ2n) is 8.34. The first-order valence-corrected chi connectivity index (χ1v) is 12.0. The summed E-state index contributed by atoms with van der Waals surface area (Å²) in [5, 5.41) is 4.47. The molecule has 6 nitrogen and oxygen atoms in total. The van der Waals surface area contributed by atoms with Crippen molar-refractivity contribution in [2.75, 3.05) is 14.2 Å². The monoisotopic (exact) mass is 461 g/mol. The van der Waals surface area contributed by atoms with Crippen LogP contribution in [0.4, 0.5) is 0 Å². The smallest absolute Gasteiger partial charge is 0.262 e. The van der Waals surface area contributed by atoms with E-state index in [0.29, 0.717) is 12.6 Å². The second kappa shape index (κ2) is 9.37. The Bertz CT molecular complexity index is 1330. The minimum absolute atomic E-state index is 0.0352. The van der Waals surface area contributed by atoms with Crippen LogP contribution in [0.5, 0.6) is 11.5 Å². The van der Waals surface area contributed by atoms with Crippen molar-refractivity contribution in [3.63, 3.8) is 0 Å². The number of methoxy groups -OCH3 is 2. The van der Waals surface area contributed by atoms with Gasteiger partial charge in [-0.2, -0.15) is 0 Å². The van der Waals surface area contributed by atoms with Gasteiger partial charge in [0.15, 0.2) is 0 Å². The van der Waals surface area contributed by atoms with Crippen molar-refractivity contribution >= 4 is 21.6 Å². The Labute approximate surface area is 196 Å². The van der Waals surface area contributed by atoms with Crippen LogP contribution in [0, 0.1) is 0 Å². The second-order valence-corrected chi connectivity index (χ2v) is 9.43. The largest absolute Gasteiger partial charge is 0.497 e. The summed E-state index contributed by atoms with van der Waals surface area (Å²) >= 11 is 1.66. The highest BCUT2D eigenvalue weighted by atomic mass is 32.1. The van der Waals surface area contributed by atoms with Crippen LogP contribution >= 0.6 is 11.3 Å². The van der Waals surface area contributed by atoms with E-state index in [0.717, 1.165) is 53.1 Å². The van der Waals surface area contributed by atoms with Gasteiger partial charge in [0.1, 0.15) is 16.3 Å². The van der Waals surface area contributed by atoms with E-state index in [9.17, 15) is 4.79 Å². The number of aryl methyl sites for hydroxylation is 1. The summed E-state index contributed by atoms with van der Waals surface area (Å²) in [4.78, 5) is 20.1. The number of hydrogen-bond donors (Lipinski definition) is 1. The minimum Gasteiger partial charge on any atom is -0.497 e. The van der Waals surface area contributed by atoms with Gasteiger partial charge in [-0.05, 0) is 48.6 Å². The molecular weight excluding hydrogens is 434 g/mol. The van der Waals surface area contributed by atoms with Crippen LogP contribution in [-0.2, 0) is 25.9 Å². The number of aromatic nitrogens is 2. The van der Waals surface area contributed by atoms with Gasteiger partial charge in [0.25, 0.3) is 5.56 Å². The van der Waals surface area contributed by atoms with Crippen LogP contribution in [0.25, 0.3) is 10.2 Å². The van der Waals surface area contributed by atoms with Gasteiger partial charge < -0.3 is 14.8 Å². The number of hydrogen-bond acceptors (Lipinski definition) is 6. The van der Waals surface area contributed by atoms with Crippen LogP contribution in [-0.4, -0.2) is 29.8 Å². The molecule has 0 radical (unpaired) electrons. The summed E-state index contributed by atoms with van der Waals surface area (Å²) in [6, 6.07) is 16.3. The third-order valence-electron chi connectivity index (χ3n) is 6.32. The van der Waals surface area contributed by atoms with Crippen molar-refractivity contribution in [2.45, 2.75) is 38.4 Å². The maximum atomic E-state index is 13.4. The SMILES string of the molecule is COc1ccc(CNC2CCc3c(sc4ncn(Cc5ccccc5OC)c(=O)c34)C2)cc1. The highest BCUT2D eigenvalue weighted by Crippen LogP contribution is 2.34. The first kappa shape index (κ1) is 21.7. The quantitative estimate of drug-likeness (QED) is 0.448. The van der Waals surface area contributed by atoms with Gasteiger partial charge >= 0.3 is 0 Å². The number of nitrogens with one attached hydrogen (secondary N) is 1. The maximum Gasteiger partial charge on any atom is 0.262 e. The van der Waals surface area contributed by atoms with Crippen LogP contribution < -0.4 is 20.3 Å². The van der Waals surface area contributed by atoms with Crippen LogP contribution in [0.1, 0.15) is 28.0 Å². The fourth-order valence-electron chi connectivity index (χ4n) is 4.51. The van der Waals surface area contributed by atoms with Gasteiger partial charge in [0.05, 0.1) is 32.5 Å². The zero-order valence-corrected chi connectivity index (χ0v) is 19.7. The van der Waals surface area contributed by atoms with Crippen LogP contribution in [0.15, 0.2) is 59.7 Å². The lowest BCUT2D eigenvalue weighted by Gasteiger charge is -2.23. The lowest BCUT2D eigenvalue weighted by Crippen LogP contribution is -2.33. The first-order valence-electron chi connectivity index (χ1n) is 11.1. The molecule has 5 rings (SSSR count). The first-order chi connectivity index (χ1) is 16.2. The number of fused-ring (bicyclic) bond motifs is 3. The van der Waals surface area contributed by atoms with Gasteiger partial charge in [0.2, 0.25) is 0 Å². The third kappa shape index (κ3) is 4.38. The molecular formula is C26H27N3O3S. The van der Waals surface area contributed by atoms with Crippen LogP contribution in [0.3, 0.4) is 0 Å². The summed E-state index contributed by atoms with van der Waals surface area (Å²) in [6.07, 6.45) is 4.50. The van der Waals surface area contributed by atoms with E-state index in [-0.39, 0.29) is 5.56 Å². The lowest BCUT2D eigenvalue weighted by atomic mass is 9.93. The Morgan fingerprint density at radius 1 is 1.12 bits per heavy atom. The topological polar surface area (TPSA) is 65.4 Å². The number of para-hydroxylation sites is 1. The molecule has 170 valence electrons. The molecule has 7 heteroatoms. The zero-order chi connectivity index (χ0) is 22.8. The Kier molecular flexibility index (Phi) is 6.15. The fourth-order valence-corrected chi connectivity index (χ4v) is 5.77. The van der Waals surface area contributed by atoms with Gasteiger partial charge in [-0.3, -0.25) is 9.36 Å². The number of thiophene rings is 1. The van der Waals surface area contributed by atoms with E-state index in [1.807, 2.05) is 36.4 Å². The van der Waals surface area contributed by atoms with Gasteiger partial charge in [0, 0.05) is 23.0 Å². The summed E-state index contributed by atoms with van der Waals surface area (Å²) in [5.74, 6) is 1.65. The zero-order valence-electron chi connectivity index (χ0n) is 18.8. The summed E-state index contributed by atoms with van der Waals surface area (Å²) in [5.41, 5.74) is 3.42. The highest BCUT2D eigenvalue weighted by Gasteiger charge is 2.25. The minimum atomic E-state index is 0.0352. The van der Waals surface area contributed by atoms with Crippen LogP contribution in [0.2, 0.25) is 0 Å². The average Bonchev–Trinajstić information content (AvgIpc) is 3.23. The number of benzene rings is 2. The predicted molar refractivity (Wildman–Crippen MR) is 132 cm³/mol. The van der Waals surface area contributed by atoms with E-state index < -0.39 is 0 Å². The summed E-state index contributed by atoms with van der Waals surface area (Å²) in [6.45, 7) is 1.27. The molecule has 33 heavy (non-hydrogen) atoms. The molecule has 0 spiro atoms. The van der Waals surface area contributed by atoms with Gasteiger partial charge in [-0.25, -0.2) is 4.98 Å². The van der Waals surface area contributed by atoms with Gasteiger partial charge in [-0.1, -0.05) is 30.3 Å². The Morgan fingerprint density at radius 2 is 1.94 bits per heavy atom. The predicted octanol–water partition coefficient (Wildman–Crippen LogP) is 4.17. The average molecular weight is 462 g/mol. The third-order valence-corrected chi connectivity index (χ3v) is 7.49. The van der Waals surface area contributed by atoms with Crippen molar-refractivity contribution in [1.82, 2.24) is 14.9 Å². The molecule has 2 heterocycles. The van der Waals surface area contributed by atoms with E-state index in [1.165, 1.54) is 16.0 Å². The molecule has 1 aliphatic carbocycles. The van der Waals surface area contributed by atoms with E-state index in [4.69, 9.17) is 9.47 Å². The Morgan fingerprint density at radius 3 is 2.73 bits per heavy atom. The molecule has 0 aliphatic heterocycles. The molecule has 4 aromatic rings. The van der Waals surface area contributed by atoms with E-state index >= 15 is 0 Å². The molecule has 0 saturated carbocycles. The van der Waals surface area contributed by atoms with E-state index in [2.05, 4.69) is 22.4 Å². The summed E-state index contributed by atoms with van der Waals surface area (Å²) < 4.78 is 12.4. The van der Waals surface area contributed by atoms with Crippen molar-refractivity contribution in [3.8, 4) is 11.5 Å². The standard InChI is InChI=1S/C26H27N3O3S/c1-31-20-10-7-17(8-11-20)14-27-19-9-12-21-23(13-19)33-25-24(21)26(30)29(16-28-25)15-18-5-3-4-6-22(18)32-2/h3-8,10-11,16,19,27H,9,12-15H2,1-2H3. The molecule has 1 N–H and O–H groups in total. The van der Waals surface area contributed by atoms with Gasteiger partial charge in [-0.15, -0.1) is 11.3 Å². The normalized spacial score (nSPS) is 15.4. The molecule has 1 atom stereocenters. The molecule has 2 aromatic carbocycles. The van der Waals surface area contributed by atoms with Crippen molar-refractivity contribution < 1.29 is 9.47 Å². The van der Waals surface area contributed by atoms with Crippen molar-refractivity contribution in [3.05, 3.63) is 86.8 Å². The molecule has 0 saturated heterocycles. The molecule has 0 fully saturated rings. The molecule has 1 unspecified atom stereocenters. The molecule has 0 bridgehead atoms. The highest BCUT2D eigenvalue weighted by molar-refractivity contribution is 7.18.